The van der Waals surface area contributed by atoms with Crippen molar-refractivity contribution in [1.29, 1.82) is 0 Å². The lowest BCUT2D eigenvalue weighted by Gasteiger charge is -2.05. The van der Waals surface area contributed by atoms with Gasteiger partial charge in [-0.25, -0.2) is 5.43 Å². The molecule has 134 valence electrons. The maximum absolute atomic E-state index is 11.8. The molecule has 0 aliphatic carbocycles. The van der Waals surface area contributed by atoms with E-state index in [9.17, 15) is 14.9 Å². The highest BCUT2D eigenvalue weighted by molar-refractivity contribution is 5.88. The van der Waals surface area contributed by atoms with E-state index in [0.717, 1.165) is 5.56 Å². The van der Waals surface area contributed by atoms with Crippen LogP contribution in [0.15, 0.2) is 41.5 Å². The summed E-state index contributed by atoms with van der Waals surface area (Å²) in [4.78, 5) is 22.4. The van der Waals surface area contributed by atoms with Gasteiger partial charge in [-0.15, -0.1) is 0 Å². The summed E-state index contributed by atoms with van der Waals surface area (Å²) in [6.07, 6.45) is 1.17. The molecule has 1 N–H and O–H groups in total. The van der Waals surface area contributed by atoms with Crippen molar-refractivity contribution in [2.24, 2.45) is 5.10 Å². The van der Waals surface area contributed by atoms with Gasteiger partial charge in [-0.05, 0) is 30.7 Å². The zero-order valence-corrected chi connectivity index (χ0v) is 13.8. The first-order chi connectivity index (χ1) is 12.5. The second-order valence-corrected chi connectivity index (χ2v) is 5.42. The summed E-state index contributed by atoms with van der Waals surface area (Å²) in [6.45, 7) is 1.68. The third kappa shape index (κ3) is 4.07. The molecule has 0 unspecified atom stereocenters. The number of aryl methyl sites for hydroxylation is 1. The van der Waals surface area contributed by atoms with E-state index in [2.05, 4.69) is 10.5 Å². The average Bonchev–Trinajstić information content (AvgIpc) is 3.06. The van der Waals surface area contributed by atoms with Crippen LogP contribution in [0.4, 0.5) is 5.69 Å². The largest absolute Gasteiger partial charge is 0.484 e. The van der Waals surface area contributed by atoms with E-state index >= 15 is 0 Å². The lowest BCUT2D eigenvalue weighted by atomic mass is 10.1. The molecule has 9 nitrogen and oxygen atoms in total. The molecule has 0 saturated carbocycles. The predicted octanol–water partition coefficient (Wildman–Crippen LogP) is 2.16. The number of carbonyl (C=O) groups excluding carboxylic acids is 1. The standard InChI is InChI=1S/C17H15N3O6/c1-11-3-2-4-13(5-11)24-9-17(21)19-18-8-12-6-15-16(26-10-25-15)7-14(12)20(22)23/h2-8H,9-10H2,1H3,(H,19,21)/b18-8-. The molecule has 0 radical (unpaired) electrons. The molecule has 2 aromatic rings. The summed E-state index contributed by atoms with van der Waals surface area (Å²) in [5, 5.41) is 14.9. The van der Waals surface area contributed by atoms with Gasteiger partial charge in [-0.2, -0.15) is 5.10 Å². The van der Waals surface area contributed by atoms with Crippen molar-refractivity contribution < 1.29 is 23.9 Å². The number of nitro benzene ring substituents is 1. The zero-order chi connectivity index (χ0) is 18.5. The smallest absolute Gasteiger partial charge is 0.282 e. The number of fused-ring (bicyclic) bond motifs is 1. The minimum absolute atomic E-state index is 0.000118. The number of hydrogen-bond acceptors (Lipinski definition) is 7. The van der Waals surface area contributed by atoms with E-state index in [1.807, 2.05) is 19.1 Å². The van der Waals surface area contributed by atoms with Gasteiger partial charge in [-0.1, -0.05) is 12.1 Å². The number of ether oxygens (including phenoxy) is 3. The van der Waals surface area contributed by atoms with Crippen LogP contribution in [-0.4, -0.2) is 30.4 Å². The van der Waals surface area contributed by atoms with Gasteiger partial charge in [0.15, 0.2) is 18.1 Å². The number of carbonyl (C=O) groups is 1. The maximum Gasteiger partial charge on any atom is 0.282 e. The van der Waals surface area contributed by atoms with Gasteiger partial charge >= 0.3 is 0 Å². The van der Waals surface area contributed by atoms with Crippen molar-refractivity contribution in [3.63, 3.8) is 0 Å². The van der Waals surface area contributed by atoms with Gasteiger partial charge in [0, 0.05) is 0 Å². The molecule has 1 aliphatic rings. The van der Waals surface area contributed by atoms with Crippen LogP contribution in [0.1, 0.15) is 11.1 Å². The van der Waals surface area contributed by atoms with Crippen molar-refractivity contribution in [2.75, 3.05) is 13.4 Å². The Labute approximate surface area is 148 Å². The molecule has 1 amide bonds. The minimum atomic E-state index is -0.564. The molecule has 9 heteroatoms. The fourth-order valence-corrected chi connectivity index (χ4v) is 2.27. The third-order valence-corrected chi connectivity index (χ3v) is 3.47. The average molecular weight is 357 g/mol. The number of nitro groups is 1. The van der Waals surface area contributed by atoms with Crippen LogP contribution >= 0.6 is 0 Å². The summed E-state index contributed by atoms with van der Waals surface area (Å²) in [5.74, 6) is 0.747. The van der Waals surface area contributed by atoms with Gasteiger partial charge < -0.3 is 14.2 Å². The molecule has 1 heterocycles. The fourth-order valence-electron chi connectivity index (χ4n) is 2.27. The number of hydrogen-bond donors (Lipinski definition) is 1. The Balaban J connectivity index is 1.61. The molecule has 2 aromatic carbocycles. The highest BCUT2D eigenvalue weighted by Gasteiger charge is 2.22. The third-order valence-electron chi connectivity index (χ3n) is 3.47. The lowest BCUT2D eigenvalue weighted by molar-refractivity contribution is -0.385. The van der Waals surface area contributed by atoms with E-state index in [1.54, 1.807) is 12.1 Å². The van der Waals surface area contributed by atoms with E-state index in [1.165, 1.54) is 18.3 Å². The highest BCUT2D eigenvalue weighted by Crippen LogP contribution is 2.37. The number of rotatable bonds is 6. The summed E-state index contributed by atoms with van der Waals surface area (Å²) >= 11 is 0. The molecule has 1 aliphatic heterocycles. The number of hydrazone groups is 1. The van der Waals surface area contributed by atoms with Crippen molar-refractivity contribution >= 4 is 17.8 Å². The monoisotopic (exact) mass is 357 g/mol. The van der Waals surface area contributed by atoms with Crippen LogP contribution in [0, 0.1) is 17.0 Å². The Hall–Kier alpha value is -3.62. The van der Waals surface area contributed by atoms with Crippen molar-refractivity contribution in [1.82, 2.24) is 5.43 Å². The first-order valence-electron chi connectivity index (χ1n) is 7.62. The second kappa shape index (κ2) is 7.51. The van der Waals surface area contributed by atoms with E-state index in [4.69, 9.17) is 14.2 Å². The normalized spacial score (nSPS) is 12.2. The molecule has 0 atom stereocenters. The number of nitrogens with zero attached hydrogens (tertiary/aromatic N) is 2. The maximum atomic E-state index is 11.8. The van der Waals surface area contributed by atoms with Gasteiger partial charge in [0.2, 0.25) is 6.79 Å². The van der Waals surface area contributed by atoms with Crippen LogP contribution in [0.3, 0.4) is 0 Å². The van der Waals surface area contributed by atoms with Crippen LogP contribution in [-0.2, 0) is 4.79 Å². The summed E-state index contributed by atoms with van der Waals surface area (Å²) in [5.41, 5.74) is 3.25. The SMILES string of the molecule is Cc1cccc(OCC(=O)N/N=C\c2cc3c(cc2[N+](=O)[O-])OCO3)c1. The Bertz CT molecular complexity index is 881. The van der Waals surface area contributed by atoms with Gasteiger partial charge in [0.05, 0.1) is 22.8 Å². The Morgan fingerprint density at radius 1 is 1.35 bits per heavy atom. The molecular weight excluding hydrogens is 342 g/mol. The van der Waals surface area contributed by atoms with Gasteiger partial charge in [-0.3, -0.25) is 14.9 Å². The lowest BCUT2D eigenvalue weighted by Crippen LogP contribution is -2.24. The molecule has 0 aromatic heterocycles. The predicted molar refractivity (Wildman–Crippen MR) is 91.6 cm³/mol. The van der Waals surface area contributed by atoms with Crippen LogP contribution < -0.4 is 19.6 Å². The summed E-state index contributed by atoms with van der Waals surface area (Å²) in [6, 6.07) is 9.95. The Morgan fingerprint density at radius 3 is 2.85 bits per heavy atom. The van der Waals surface area contributed by atoms with Crippen LogP contribution in [0.5, 0.6) is 17.2 Å². The molecule has 0 spiro atoms. The minimum Gasteiger partial charge on any atom is -0.484 e. The zero-order valence-electron chi connectivity index (χ0n) is 13.8. The quantitative estimate of drug-likeness (QED) is 0.482. The highest BCUT2D eigenvalue weighted by atomic mass is 16.7. The molecule has 3 rings (SSSR count). The Morgan fingerprint density at radius 2 is 2.12 bits per heavy atom. The van der Waals surface area contributed by atoms with Gasteiger partial charge in [0.1, 0.15) is 5.75 Å². The molecular formula is C17H15N3O6. The molecule has 0 bridgehead atoms. The molecule has 0 fully saturated rings. The van der Waals surface area contributed by atoms with E-state index < -0.39 is 10.8 Å². The van der Waals surface area contributed by atoms with Crippen molar-refractivity contribution in [3.05, 3.63) is 57.6 Å². The Kier molecular flexibility index (Phi) is 4.97. The molecule has 26 heavy (non-hydrogen) atoms. The number of benzene rings is 2. The summed E-state index contributed by atoms with van der Waals surface area (Å²) < 4.78 is 15.6. The van der Waals surface area contributed by atoms with Gasteiger partial charge in [0.25, 0.3) is 11.6 Å². The first-order valence-corrected chi connectivity index (χ1v) is 7.62. The first kappa shape index (κ1) is 17.2. The summed E-state index contributed by atoms with van der Waals surface area (Å²) in [7, 11) is 0. The fraction of sp³-hybridized carbons (Fsp3) is 0.176. The van der Waals surface area contributed by atoms with Crippen molar-refractivity contribution in [2.45, 2.75) is 6.92 Å². The molecule has 0 saturated heterocycles. The topological polar surface area (TPSA) is 112 Å². The van der Waals surface area contributed by atoms with E-state index in [-0.39, 0.29) is 24.7 Å². The van der Waals surface area contributed by atoms with Crippen LogP contribution in [0.2, 0.25) is 0 Å². The van der Waals surface area contributed by atoms with E-state index in [0.29, 0.717) is 17.2 Å². The van der Waals surface area contributed by atoms with Crippen molar-refractivity contribution in [3.8, 4) is 17.2 Å². The number of amides is 1. The van der Waals surface area contributed by atoms with Crippen LogP contribution in [0.25, 0.3) is 0 Å². The number of nitrogens with one attached hydrogen (secondary N) is 1. The second-order valence-electron chi connectivity index (χ2n) is 5.42.